The van der Waals surface area contributed by atoms with E-state index in [9.17, 15) is 0 Å². The molecule has 0 spiro atoms. The van der Waals surface area contributed by atoms with Crippen LogP contribution < -0.4 is 5.73 Å². The van der Waals surface area contributed by atoms with Crippen molar-refractivity contribution in [3.63, 3.8) is 0 Å². The fourth-order valence-corrected chi connectivity index (χ4v) is 5.19. The molecule has 0 aliphatic rings. The van der Waals surface area contributed by atoms with Crippen molar-refractivity contribution >= 4 is 18.5 Å². The van der Waals surface area contributed by atoms with Gasteiger partial charge in [0.1, 0.15) is 0 Å². The minimum absolute atomic E-state index is 0.0231. The van der Waals surface area contributed by atoms with Crippen LogP contribution in [0.4, 0.5) is 0 Å². The zero-order chi connectivity index (χ0) is 18.6. The van der Waals surface area contributed by atoms with Gasteiger partial charge in [-0.1, -0.05) is 83.1 Å². The fourth-order valence-electron chi connectivity index (χ4n) is 4.48. The molecule has 0 fully saturated rings. The molecule has 2 atom stereocenters. The van der Waals surface area contributed by atoms with Crippen LogP contribution in [0.2, 0.25) is 0 Å². The van der Waals surface area contributed by atoms with Gasteiger partial charge in [0.2, 0.25) is 0 Å². The molecule has 0 aliphatic heterocycles. The highest BCUT2D eigenvalue weighted by molar-refractivity contribution is 7.21. The number of nitrogens with two attached hydrogens (primary N) is 1. The van der Waals surface area contributed by atoms with E-state index in [-0.39, 0.29) is 38.0 Å². The van der Waals surface area contributed by atoms with Gasteiger partial charge in [-0.2, -0.15) is 0 Å². The minimum Gasteiger partial charge on any atom is -0.326 e. The molecular weight excluding hydrogens is 304 g/mol. The summed E-state index contributed by atoms with van der Waals surface area (Å²) in [5.41, 5.74) is 7.44. The SMILES string of the molecule is CC(C)(C)C(P)(C(N)C(P)(C(C)(C)C)C(C)(C)C)C(C)(C)C. The average Bonchev–Trinajstić information content (AvgIpc) is 2.19. The molecule has 134 valence electrons. The number of hydrogen-bond acceptors (Lipinski definition) is 1. The maximum atomic E-state index is 7.13. The van der Waals surface area contributed by atoms with Gasteiger partial charge in [-0.3, -0.25) is 0 Å². The Balaban J connectivity index is 6.54. The van der Waals surface area contributed by atoms with Crippen molar-refractivity contribution in [3.05, 3.63) is 0 Å². The van der Waals surface area contributed by atoms with Crippen LogP contribution in [-0.4, -0.2) is 16.4 Å². The third-order valence-corrected chi connectivity index (χ3v) is 10.1. The van der Waals surface area contributed by atoms with Crippen LogP contribution in [0.25, 0.3) is 0 Å². The molecule has 0 aromatic carbocycles. The van der Waals surface area contributed by atoms with Crippen LogP contribution in [0.1, 0.15) is 83.1 Å². The summed E-state index contributed by atoms with van der Waals surface area (Å²) in [5.74, 6) is 0. The summed E-state index contributed by atoms with van der Waals surface area (Å²) in [6.07, 6.45) is 0. The van der Waals surface area contributed by atoms with Gasteiger partial charge in [-0.15, -0.1) is 18.5 Å². The smallest absolute Gasteiger partial charge is 0.0242 e. The maximum Gasteiger partial charge on any atom is 0.0242 e. The van der Waals surface area contributed by atoms with Crippen molar-refractivity contribution in [2.75, 3.05) is 0 Å². The lowest BCUT2D eigenvalue weighted by atomic mass is 9.52. The minimum atomic E-state index is -0.0949. The van der Waals surface area contributed by atoms with Crippen molar-refractivity contribution in [2.45, 2.75) is 99.4 Å². The first-order chi connectivity index (χ1) is 9.15. The first-order valence-electron chi connectivity index (χ1n) is 8.49. The molecule has 0 saturated heterocycles. The van der Waals surface area contributed by atoms with E-state index in [0.717, 1.165) is 0 Å². The van der Waals surface area contributed by atoms with E-state index >= 15 is 0 Å². The molecule has 2 N–H and O–H groups in total. The van der Waals surface area contributed by atoms with Crippen molar-refractivity contribution in [2.24, 2.45) is 27.4 Å². The van der Waals surface area contributed by atoms with Crippen LogP contribution in [0.15, 0.2) is 0 Å². The van der Waals surface area contributed by atoms with Gasteiger partial charge in [-0.05, 0) is 21.7 Å². The molecule has 0 amide bonds. The molecule has 0 bridgehead atoms. The lowest BCUT2D eigenvalue weighted by molar-refractivity contribution is 0.0285. The largest absolute Gasteiger partial charge is 0.326 e. The topological polar surface area (TPSA) is 26.0 Å². The average molecular weight is 348 g/mol. The van der Waals surface area contributed by atoms with Crippen LogP contribution in [0.5, 0.6) is 0 Å². The second-order valence-corrected chi connectivity index (χ2v) is 13.0. The summed E-state index contributed by atoms with van der Waals surface area (Å²) in [6, 6.07) is 0.0231. The van der Waals surface area contributed by atoms with Crippen LogP contribution in [0.3, 0.4) is 0 Å². The zero-order valence-electron chi connectivity index (χ0n) is 17.3. The van der Waals surface area contributed by atoms with E-state index in [0.29, 0.717) is 0 Å². The standard InChI is InChI=1S/C19H43NP2/c1-14(2,3)18(21,15(4,5)6)13(20)19(22,16(7,8)9)17(10,11)12/h13H,20-22H2,1-12H3. The van der Waals surface area contributed by atoms with Gasteiger partial charge in [0.05, 0.1) is 0 Å². The van der Waals surface area contributed by atoms with Crippen LogP contribution in [-0.2, 0) is 0 Å². The van der Waals surface area contributed by atoms with Crippen molar-refractivity contribution in [1.29, 1.82) is 0 Å². The summed E-state index contributed by atoms with van der Waals surface area (Å²) >= 11 is 0. The fraction of sp³-hybridized carbons (Fsp3) is 1.00. The molecule has 0 aromatic rings. The van der Waals surface area contributed by atoms with Crippen LogP contribution >= 0.6 is 18.5 Å². The summed E-state index contributed by atoms with van der Waals surface area (Å²) in [4.78, 5) is 0. The molecule has 22 heavy (non-hydrogen) atoms. The highest BCUT2D eigenvalue weighted by Crippen LogP contribution is 2.62. The molecular formula is C19H43NP2. The van der Waals surface area contributed by atoms with Crippen LogP contribution in [0, 0.1) is 21.7 Å². The third kappa shape index (κ3) is 3.43. The molecule has 0 heterocycles. The van der Waals surface area contributed by atoms with Gasteiger partial charge in [0, 0.05) is 16.4 Å². The molecule has 0 rings (SSSR count). The summed E-state index contributed by atoms with van der Waals surface area (Å²) in [6.45, 7) is 27.9. The highest BCUT2D eigenvalue weighted by Gasteiger charge is 2.61. The molecule has 0 radical (unpaired) electrons. The number of hydrogen-bond donors (Lipinski definition) is 1. The summed E-state index contributed by atoms with van der Waals surface area (Å²) < 4.78 is 0. The lowest BCUT2D eigenvalue weighted by Gasteiger charge is -2.65. The van der Waals surface area contributed by atoms with E-state index in [1.54, 1.807) is 0 Å². The second-order valence-electron chi connectivity index (χ2n) is 11.2. The lowest BCUT2D eigenvalue weighted by Crippen LogP contribution is -2.72. The Labute approximate surface area is 145 Å². The second kappa shape index (κ2) is 5.97. The normalized spacial score (nSPS) is 16.4. The third-order valence-electron chi connectivity index (χ3n) is 5.95. The van der Waals surface area contributed by atoms with E-state index in [1.165, 1.54) is 0 Å². The van der Waals surface area contributed by atoms with E-state index in [4.69, 9.17) is 5.73 Å². The Morgan fingerprint density at radius 1 is 0.500 bits per heavy atom. The van der Waals surface area contributed by atoms with Crippen molar-refractivity contribution in [3.8, 4) is 0 Å². The van der Waals surface area contributed by atoms with E-state index < -0.39 is 0 Å². The zero-order valence-corrected chi connectivity index (χ0v) is 19.6. The molecule has 1 nitrogen and oxygen atoms in total. The van der Waals surface area contributed by atoms with Gasteiger partial charge >= 0.3 is 0 Å². The molecule has 0 aliphatic carbocycles. The summed E-state index contributed by atoms with van der Waals surface area (Å²) in [5, 5.41) is -0.190. The van der Waals surface area contributed by atoms with Gasteiger partial charge < -0.3 is 5.73 Å². The Kier molecular flexibility index (Phi) is 6.19. The van der Waals surface area contributed by atoms with Crippen molar-refractivity contribution < 1.29 is 0 Å². The van der Waals surface area contributed by atoms with Gasteiger partial charge in [0.25, 0.3) is 0 Å². The molecule has 3 heteroatoms. The van der Waals surface area contributed by atoms with E-state index in [2.05, 4.69) is 102 Å². The van der Waals surface area contributed by atoms with Gasteiger partial charge in [-0.25, -0.2) is 0 Å². The predicted molar refractivity (Wildman–Crippen MR) is 111 cm³/mol. The Bertz CT molecular complexity index is 320. The number of rotatable bonds is 2. The van der Waals surface area contributed by atoms with Gasteiger partial charge in [0.15, 0.2) is 0 Å². The molecule has 2 unspecified atom stereocenters. The Morgan fingerprint density at radius 3 is 0.727 bits per heavy atom. The first-order valence-corrected chi connectivity index (χ1v) is 9.64. The quantitative estimate of drug-likeness (QED) is 0.635. The Hall–Kier alpha value is 0.820. The van der Waals surface area contributed by atoms with Crippen molar-refractivity contribution in [1.82, 2.24) is 0 Å². The predicted octanol–water partition coefficient (Wildman–Crippen LogP) is 5.73. The first kappa shape index (κ1) is 22.8. The maximum absolute atomic E-state index is 7.13. The summed E-state index contributed by atoms with van der Waals surface area (Å²) in [7, 11) is 6.37. The highest BCUT2D eigenvalue weighted by atomic mass is 31.0. The molecule has 0 saturated carbocycles. The monoisotopic (exact) mass is 347 g/mol. The van der Waals surface area contributed by atoms with E-state index in [1.807, 2.05) is 0 Å². The Morgan fingerprint density at radius 2 is 0.636 bits per heavy atom. The molecule has 0 aromatic heterocycles.